The minimum absolute atomic E-state index is 0.144. The second kappa shape index (κ2) is 6.67. The van der Waals surface area contributed by atoms with Gasteiger partial charge in [0.25, 0.3) is 0 Å². The molecule has 1 aromatic carbocycles. The number of carbonyl (C=O) groups excluding carboxylic acids is 1. The molecule has 0 bridgehead atoms. The van der Waals surface area contributed by atoms with E-state index in [1.54, 1.807) is 6.07 Å². The molecule has 1 aromatic heterocycles. The topological polar surface area (TPSA) is 36.4 Å². The first-order chi connectivity index (χ1) is 11.7. The van der Waals surface area contributed by atoms with Crippen LogP contribution in [0.5, 0.6) is 0 Å². The quantitative estimate of drug-likeness (QED) is 0.832. The van der Waals surface area contributed by atoms with E-state index in [0.717, 1.165) is 61.7 Å². The van der Waals surface area contributed by atoms with E-state index in [9.17, 15) is 9.18 Å². The van der Waals surface area contributed by atoms with Gasteiger partial charge in [-0.1, -0.05) is 17.4 Å². The molecule has 4 rings (SSSR count). The lowest BCUT2D eigenvalue weighted by atomic mass is 9.94. The SMILES string of the molecule is O=C(C1CCN(c2nc3c(F)cccc3s2)CC1)N1CCCCC1. The Labute approximate surface area is 145 Å². The first kappa shape index (κ1) is 15.8. The van der Waals surface area contributed by atoms with Crippen molar-refractivity contribution in [2.24, 2.45) is 5.92 Å². The van der Waals surface area contributed by atoms with Crippen LogP contribution in [-0.4, -0.2) is 42.0 Å². The molecule has 0 spiro atoms. The number of aromatic nitrogens is 1. The number of carbonyl (C=O) groups is 1. The highest BCUT2D eigenvalue weighted by Gasteiger charge is 2.30. The standard InChI is InChI=1S/C18H22FN3OS/c19-14-5-4-6-15-16(14)20-18(24-15)22-11-7-13(8-12-22)17(23)21-9-2-1-3-10-21/h4-6,13H,1-3,7-12H2. The van der Waals surface area contributed by atoms with E-state index in [4.69, 9.17) is 0 Å². The zero-order valence-electron chi connectivity index (χ0n) is 13.7. The molecular weight excluding hydrogens is 325 g/mol. The monoisotopic (exact) mass is 347 g/mol. The third-order valence-electron chi connectivity index (χ3n) is 5.14. The number of hydrogen-bond donors (Lipinski definition) is 0. The zero-order chi connectivity index (χ0) is 16.5. The predicted octanol–water partition coefficient (Wildman–Crippen LogP) is 3.66. The van der Waals surface area contributed by atoms with Crippen LogP contribution in [0.2, 0.25) is 0 Å². The van der Waals surface area contributed by atoms with Crippen LogP contribution in [0.15, 0.2) is 18.2 Å². The Morgan fingerprint density at radius 3 is 2.58 bits per heavy atom. The molecule has 0 aliphatic carbocycles. The van der Waals surface area contributed by atoms with Gasteiger partial charge in [-0.25, -0.2) is 9.37 Å². The van der Waals surface area contributed by atoms with Gasteiger partial charge in [0, 0.05) is 32.1 Å². The summed E-state index contributed by atoms with van der Waals surface area (Å²) in [6.07, 6.45) is 5.27. The number of halogens is 1. The molecule has 3 heterocycles. The van der Waals surface area contributed by atoms with Gasteiger partial charge in [0.2, 0.25) is 5.91 Å². The number of fused-ring (bicyclic) bond motifs is 1. The van der Waals surface area contributed by atoms with Gasteiger partial charge in [0.05, 0.1) is 4.70 Å². The van der Waals surface area contributed by atoms with E-state index in [0.29, 0.717) is 11.4 Å². The Kier molecular flexibility index (Phi) is 4.39. The van der Waals surface area contributed by atoms with Gasteiger partial charge in [-0.15, -0.1) is 0 Å². The lowest BCUT2D eigenvalue weighted by Gasteiger charge is -2.35. The smallest absolute Gasteiger partial charge is 0.225 e. The second-order valence-corrected chi connectivity index (χ2v) is 7.74. The summed E-state index contributed by atoms with van der Waals surface area (Å²) in [5, 5.41) is 0.874. The van der Waals surface area contributed by atoms with Gasteiger partial charge in [-0.05, 0) is 44.2 Å². The molecule has 128 valence electrons. The summed E-state index contributed by atoms with van der Waals surface area (Å²) in [5.74, 6) is 0.223. The van der Waals surface area contributed by atoms with E-state index in [2.05, 4.69) is 14.8 Å². The fourth-order valence-corrected chi connectivity index (χ4v) is 4.76. The van der Waals surface area contributed by atoms with Crippen molar-refractivity contribution < 1.29 is 9.18 Å². The summed E-state index contributed by atoms with van der Waals surface area (Å²) in [6, 6.07) is 5.09. The maximum absolute atomic E-state index is 13.8. The van der Waals surface area contributed by atoms with E-state index < -0.39 is 0 Å². The number of anilines is 1. The maximum Gasteiger partial charge on any atom is 0.225 e. The number of thiazole rings is 1. The molecule has 2 aromatic rings. The van der Waals surface area contributed by atoms with E-state index in [1.807, 2.05) is 6.07 Å². The number of piperidine rings is 2. The summed E-state index contributed by atoms with van der Waals surface area (Å²) in [7, 11) is 0. The van der Waals surface area contributed by atoms with Crippen molar-refractivity contribution in [1.82, 2.24) is 9.88 Å². The highest BCUT2D eigenvalue weighted by Crippen LogP contribution is 2.33. The first-order valence-corrected chi connectivity index (χ1v) is 9.63. The molecule has 6 heteroatoms. The van der Waals surface area contributed by atoms with Crippen molar-refractivity contribution in [2.75, 3.05) is 31.1 Å². The number of likely N-dealkylation sites (tertiary alicyclic amines) is 1. The number of nitrogens with zero attached hydrogens (tertiary/aromatic N) is 3. The molecule has 2 aliphatic rings. The molecule has 0 unspecified atom stereocenters. The molecule has 0 N–H and O–H groups in total. The van der Waals surface area contributed by atoms with E-state index >= 15 is 0 Å². The molecule has 2 aliphatic heterocycles. The third kappa shape index (κ3) is 2.99. The number of para-hydroxylation sites is 1. The number of rotatable bonds is 2. The van der Waals surface area contributed by atoms with Crippen LogP contribution in [0.1, 0.15) is 32.1 Å². The van der Waals surface area contributed by atoms with Gasteiger partial charge < -0.3 is 9.80 Å². The van der Waals surface area contributed by atoms with Gasteiger partial charge in [0.1, 0.15) is 11.3 Å². The number of amides is 1. The molecule has 1 amide bonds. The normalized spacial score (nSPS) is 19.9. The van der Waals surface area contributed by atoms with Gasteiger partial charge in [-0.3, -0.25) is 4.79 Å². The van der Waals surface area contributed by atoms with Crippen LogP contribution in [0.3, 0.4) is 0 Å². The molecule has 0 atom stereocenters. The summed E-state index contributed by atoms with van der Waals surface area (Å²) >= 11 is 1.54. The summed E-state index contributed by atoms with van der Waals surface area (Å²) in [6.45, 7) is 3.50. The van der Waals surface area contributed by atoms with Crippen LogP contribution in [0, 0.1) is 11.7 Å². The minimum atomic E-state index is -0.259. The van der Waals surface area contributed by atoms with Crippen molar-refractivity contribution in [3.05, 3.63) is 24.0 Å². The highest BCUT2D eigenvalue weighted by atomic mass is 32.1. The maximum atomic E-state index is 13.8. The summed E-state index contributed by atoms with van der Waals surface area (Å²) in [4.78, 5) is 21.3. The predicted molar refractivity (Wildman–Crippen MR) is 94.9 cm³/mol. The van der Waals surface area contributed by atoms with Crippen LogP contribution in [-0.2, 0) is 4.79 Å². The Morgan fingerprint density at radius 2 is 1.88 bits per heavy atom. The second-order valence-electron chi connectivity index (χ2n) is 6.73. The van der Waals surface area contributed by atoms with Crippen molar-refractivity contribution in [3.63, 3.8) is 0 Å². The fraction of sp³-hybridized carbons (Fsp3) is 0.556. The largest absolute Gasteiger partial charge is 0.348 e. The Bertz CT molecular complexity index is 733. The molecular formula is C18H22FN3OS. The Morgan fingerprint density at radius 1 is 1.12 bits per heavy atom. The first-order valence-electron chi connectivity index (χ1n) is 8.81. The van der Waals surface area contributed by atoms with Gasteiger partial charge in [0.15, 0.2) is 5.13 Å². The molecule has 0 radical (unpaired) electrons. The van der Waals surface area contributed by atoms with Crippen LogP contribution in [0.4, 0.5) is 9.52 Å². The van der Waals surface area contributed by atoms with Crippen molar-refractivity contribution in [3.8, 4) is 0 Å². The average molecular weight is 347 g/mol. The Balaban J connectivity index is 1.41. The van der Waals surface area contributed by atoms with Gasteiger partial charge in [-0.2, -0.15) is 0 Å². The lowest BCUT2D eigenvalue weighted by molar-refractivity contribution is -0.137. The lowest BCUT2D eigenvalue weighted by Crippen LogP contribution is -2.44. The third-order valence-corrected chi connectivity index (χ3v) is 6.22. The zero-order valence-corrected chi connectivity index (χ0v) is 14.5. The highest BCUT2D eigenvalue weighted by molar-refractivity contribution is 7.22. The van der Waals surface area contributed by atoms with Crippen molar-refractivity contribution in [1.29, 1.82) is 0 Å². The average Bonchev–Trinajstić information content (AvgIpc) is 3.08. The fourth-order valence-electron chi connectivity index (χ4n) is 3.73. The van der Waals surface area contributed by atoms with Gasteiger partial charge >= 0.3 is 0 Å². The molecule has 24 heavy (non-hydrogen) atoms. The molecule has 2 fully saturated rings. The molecule has 2 saturated heterocycles. The number of benzene rings is 1. The minimum Gasteiger partial charge on any atom is -0.348 e. The van der Waals surface area contributed by atoms with Crippen molar-refractivity contribution >= 4 is 32.6 Å². The van der Waals surface area contributed by atoms with Crippen LogP contribution >= 0.6 is 11.3 Å². The Hall–Kier alpha value is -1.69. The van der Waals surface area contributed by atoms with Crippen molar-refractivity contribution in [2.45, 2.75) is 32.1 Å². The molecule has 4 nitrogen and oxygen atoms in total. The van der Waals surface area contributed by atoms with Crippen LogP contribution in [0.25, 0.3) is 10.2 Å². The molecule has 0 saturated carbocycles. The van der Waals surface area contributed by atoms with Crippen LogP contribution < -0.4 is 4.90 Å². The summed E-state index contributed by atoms with van der Waals surface area (Å²) < 4.78 is 14.7. The van der Waals surface area contributed by atoms with E-state index in [-0.39, 0.29) is 11.7 Å². The van der Waals surface area contributed by atoms with E-state index in [1.165, 1.54) is 23.8 Å². The number of hydrogen-bond acceptors (Lipinski definition) is 4. The summed E-state index contributed by atoms with van der Waals surface area (Å²) in [5.41, 5.74) is 0.462.